The number of rotatable bonds is 1. The molecule has 0 aliphatic heterocycles. The van der Waals surface area contributed by atoms with E-state index < -0.39 is 0 Å². The number of pyridine rings is 1. The zero-order valence-electron chi connectivity index (χ0n) is 9.29. The first-order valence-electron chi connectivity index (χ1n) is 5.22. The number of fused-ring (bicyclic) bond motifs is 1. The Hall–Kier alpha value is -1.57. The van der Waals surface area contributed by atoms with Crippen LogP contribution in [0.25, 0.3) is 10.9 Å². The maximum atomic E-state index is 12.0. The number of hydrogen-bond donors (Lipinski definition) is 1. The summed E-state index contributed by atoms with van der Waals surface area (Å²) in [5.41, 5.74) is 2.95. The lowest BCUT2D eigenvalue weighted by molar-refractivity contribution is 0.816. The molecule has 2 heteroatoms. The third-order valence-electron chi connectivity index (χ3n) is 2.76. The number of nitrogens with one attached hydrogen (secondary N) is 1. The molecule has 2 rings (SSSR count). The van der Waals surface area contributed by atoms with Crippen LogP contribution in [0.5, 0.6) is 0 Å². The fraction of sp³-hybridized carbons (Fsp3) is 0.308. The van der Waals surface area contributed by atoms with Crippen LogP contribution in [0, 0.1) is 6.92 Å². The number of aromatic nitrogens is 1. The van der Waals surface area contributed by atoms with Gasteiger partial charge in [0.05, 0.1) is 0 Å². The van der Waals surface area contributed by atoms with Crippen molar-refractivity contribution in [3.63, 3.8) is 0 Å². The second kappa shape index (κ2) is 3.54. The van der Waals surface area contributed by atoms with E-state index in [-0.39, 0.29) is 5.43 Å². The van der Waals surface area contributed by atoms with Crippen LogP contribution in [0.1, 0.15) is 31.0 Å². The van der Waals surface area contributed by atoms with Crippen molar-refractivity contribution < 1.29 is 0 Å². The van der Waals surface area contributed by atoms with E-state index in [2.05, 4.69) is 18.8 Å². The van der Waals surface area contributed by atoms with Crippen molar-refractivity contribution in [3.8, 4) is 0 Å². The number of aromatic amines is 1. The van der Waals surface area contributed by atoms with Crippen LogP contribution in [0.2, 0.25) is 0 Å². The minimum absolute atomic E-state index is 0.146. The molecule has 78 valence electrons. The van der Waals surface area contributed by atoms with Gasteiger partial charge in [-0.15, -0.1) is 0 Å². The van der Waals surface area contributed by atoms with Crippen molar-refractivity contribution in [2.24, 2.45) is 0 Å². The lowest BCUT2D eigenvalue weighted by atomic mass is 10.0. The molecule has 0 saturated heterocycles. The van der Waals surface area contributed by atoms with Gasteiger partial charge in [-0.2, -0.15) is 0 Å². The van der Waals surface area contributed by atoms with Crippen LogP contribution >= 0.6 is 0 Å². The second-order valence-electron chi connectivity index (χ2n) is 4.19. The number of hydrogen-bond acceptors (Lipinski definition) is 1. The molecule has 15 heavy (non-hydrogen) atoms. The topological polar surface area (TPSA) is 32.9 Å². The van der Waals surface area contributed by atoms with Crippen molar-refractivity contribution in [3.05, 3.63) is 45.7 Å². The maximum absolute atomic E-state index is 12.0. The van der Waals surface area contributed by atoms with Gasteiger partial charge in [0.25, 0.3) is 0 Å². The first-order valence-corrected chi connectivity index (χ1v) is 5.22. The molecular weight excluding hydrogens is 186 g/mol. The van der Waals surface area contributed by atoms with Crippen molar-refractivity contribution in [1.82, 2.24) is 4.98 Å². The molecule has 1 N–H and O–H groups in total. The fourth-order valence-corrected chi connectivity index (χ4v) is 1.93. The van der Waals surface area contributed by atoms with Crippen LogP contribution in [0.3, 0.4) is 0 Å². The maximum Gasteiger partial charge on any atom is 0.192 e. The van der Waals surface area contributed by atoms with E-state index >= 15 is 0 Å². The quantitative estimate of drug-likeness (QED) is 0.756. The highest BCUT2D eigenvalue weighted by atomic mass is 16.1. The summed E-state index contributed by atoms with van der Waals surface area (Å²) in [6.07, 6.45) is 0. The second-order valence-corrected chi connectivity index (χ2v) is 4.19. The Morgan fingerprint density at radius 3 is 2.53 bits per heavy atom. The zero-order valence-corrected chi connectivity index (χ0v) is 9.29. The minimum atomic E-state index is 0.146. The Bertz CT molecular complexity index is 552. The first-order chi connectivity index (χ1) is 7.11. The molecule has 1 aromatic heterocycles. The monoisotopic (exact) mass is 201 g/mol. The van der Waals surface area contributed by atoms with Gasteiger partial charge in [-0.3, -0.25) is 4.79 Å². The largest absolute Gasteiger partial charge is 0.358 e. The van der Waals surface area contributed by atoms with Crippen LogP contribution in [-0.2, 0) is 0 Å². The Kier molecular flexibility index (Phi) is 2.35. The van der Waals surface area contributed by atoms with Crippen molar-refractivity contribution in [2.45, 2.75) is 26.7 Å². The Labute approximate surface area is 89.0 Å². The van der Waals surface area contributed by atoms with Gasteiger partial charge in [-0.05, 0) is 25.0 Å². The zero-order chi connectivity index (χ0) is 11.0. The summed E-state index contributed by atoms with van der Waals surface area (Å²) in [6.45, 7) is 6.07. The highest BCUT2D eigenvalue weighted by Crippen LogP contribution is 2.17. The minimum Gasteiger partial charge on any atom is -0.358 e. The van der Waals surface area contributed by atoms with E-state index in [1.807, 2.05) is 31.2 Å². The van der Waals surface area contributed by atoms with E-state index in [1.165, 1.54) is 0 Å². The highest BCUT2D eigenvalue weighted by Gasteiger charge is 2.09. The average Bonchev–Trinajstić information content (AvgIpc) is 2.23. The molecule has 0 spiro atoms. The van der Waals surface area contributed by atoms with Gasteiger partial charge in [0.15, 0.2) is 5.43 Å². The molecule has 0 aliphatic carbocycles. The number of H-pyrrole nitrogens is 1. The van der Waals surface area contributed by atoms with E-state index in [4.69, 9.17) is 0 Å². The fourth-order valence-electron chi connectivity index (χ4n) is 1.93. The van der Waals surface area contributed by atoms with Gasteiger partial charge in [-0.25, -0.2) is 0 Å². The molecule has 0 fully saturated rings. The number of benzene rings is 1. The summed E-state index contributed by atoms with van der Waals surface area (Å²) in [4.78, 5) is 15.4. The van der Waals surface area contributed by atoms with Crippen molar-refractivity contribution in [2.75, 3.05) is 0 Å². The lowest BCUT2D eigenvalue weighted by Gasteiger charge is -2.10. The molecule has 0 unspecified atom stereocenters. The predicted octanol–water partition coefficient (Wildman–Crippen LogP) is 2.96. The Balaban J connectivity index is 2.89. The van der Waals surface area contributed by atoms with Crippen molar-refractivity contribution >= 4 is 10.9 Å². The number of para-hydroxylation sites is 1. The molecule has 1 aromatic carbocycles. The summed E-state index contributed by atoms with van der Waals surface area (Å²) in [5, 5.41) is 0.777. The van der Waals surface area contributed by atoms with Crippen molar-refractivity contribution in [1.29, 1.82) is 0 Å². The van der Waals surface area contributed by atoms with Gasteiger partial charge in [0, 0.05) is 22.2 Å². The third-order valence-corrected chi connectivity index (χ3v) is 2.76. The standard InChI is InChI=1S/C13H15NO/c1-8(2)12-9(3)13(15)10-6-4-5-7-11(10)14-12/h4-8H,1-3H3,(H,14,15). The van der Waals surface area contributed by atoms with Gasteiger partial charge in [-0.1, -0.05) is 26.0 Å². The van der Waals surface area contributed by atoms with E-state index in [1.54, 1.807) is 0 Å². The molecule has 0 radical (unpaired) electrons. The van der Waals surface area contributed by atoms with Crippen LogP contribution < -0.4 is 5.43 Å². The average molecular weight is 201 g/mol. The molecule has 2 aromatic rings. The van der Waals surface area contributed by atoms with E-state index in [0.29, 0.717) is 5.92 Å². The molecule has 0 bridgehead atoms. The molecule has 0 saturated carbocycles. The molecule has 0 atom stereocenters. The van der Waals surface area contributed by atoms with E-state index in [0.717, 1.165) is 22.2 Å². The predicted molar refractivity (Wildman–Crippen MR) is 63.4 cm³/mol. The van der Waals surface area contributed by atoms with Gasteiger partial charge < -0.3 is 4.98 Å². The third kappa shape index (κ3) is 1.56. The van der Waals surface area contributed by atoms with Crippen LogP contribution in [0.15, 0.2) is 29.1 Å². The molecule has 0 aliphatic rings. The molecule has 0 amide bonds. The summed E-state index contributed by atoms with van der Waals surface area (Å²) >= 11 is 0. The molecule has 1 heterocycles. The smallest absolute Gasteiger partial charge is 0.192 e. The van der Waals surface area contributed by atoms with Crippen LogP contribution in [0.4, 0.5) is 0 Å². The van der Waals surface area contributed by atoms with Gasteiger partial charge >= 0.3 is 0 Å². The Morgan fingerprint density at radius 1 is 1.20 bits per heavy atom. The summed E-state index contributed by atoms with van der Waals surface area (Å²) in [6, 6.07) is 7.65. The highest BCUT2D eigenvalue weighted by molar-refractivity contribution is 5.79. The summed E-state index contributed by atoms with van der Waals surface area (Å²) in [7, 11) is 0. The van der Waals surface area contributed by atoms with Gasteiger partial charge in [0.2, 0.25) is 0 Å². The van der Waals surface area contributed by atoms with Crippen LogP contribution in [-0.4, -0.2) is 4.98 Å². The van der Waals surface area contributed by atoms with E-state index in [9.17, 15) is 4.79 Å². The lowest BCUT2D eigenvalue weighted by Crippen LogP contribution is -2.12. The normalized spacial score (nSPS) is 11.2. The molecule has 2 nitrogen and oxygen atoms in total. The molecular formula is C13H15NO. The first kappa shape index (κ1) is 9.97. The summed E-state index contributed by atoms with van der Waals surface area (Å²) in [5.74, 6) is 0.349. The van der Waals surface area contributed by atoms with Gasteiger partial charge in [0.1, 0.15) is 0 Å². The SMILES string of the molecule is Cc1c(C(C)C)[nH]c2ccccc2c1=O. The Morgan fingerprint density at radius 2 is 1.87 bits per heavy atom. The summed E-state index contributed by atoms with van der Waals surface area (Å²) < 4.78 is 0.